The quantitative estimate of drug-likeness (QED) is 0.0554. The minimum atomic E-state index is -0.893. The third-order valence-electron chi connectivity index (χ3n) is 7.65. The Kier molecular flexibility index (Phi) is 12.8. The van der Waals surface area contributed by atoms with E-state index in [1.54, 1.807) is 0 Å². The Bertz CT molecular complexity index is 1130. The van der Waals surface area contributed by atoms with Gasteiger partial charge in [-0.25, -0.2) is 0 Å². The summed E-state index contributed by atoms with van der Waals surface area (Å²) in [5, 5.41) is 4.15. The van der Waals surface area contributed by atoms with Crippen LogP contribution in [0, 0.1) is 0 Å². The van der Waals surface area contributed by atoms with E-state index >= 15 is 0 Å². The Morgan fingerprint density at radius 2 is 1.26 bits per heavy atom. The second-order valence-corrected chi connectivity index (χ2v) is 11.4. The van der Waals surface area contributed by atoms with Gasteiger partial charge in [-0.3, -0.25) is 0 Å². The monoisotopic (exact) mass is 589 g/mol. The molecular weight excluding hydrogens is 546 g/mol. The fourth-order valence-electron chi connectivity index (χ4n) is 5.50. The fraction of sp³-hybridized carbons (Fsp3) is 0.471. The van der Waals surface area contributed by atoms with E-state index in [9.17, 15) is 5.53 Å². The van der Waals surface area contributed by atoms with Gasteiger partial charge in [0.05, 0.1) is 12.7 Å². The third kappa shape index (κ3) is 7.56. The van der Waals surface area contributed by atoms with Crippen molar-refractivity contribution in [1.29, 1.82) is 0 Å². The predicted molar refractivity (Wildman–Crippen MR) is 170 cm³/mol. The van der Waals surface area contributed by atoms with E-state index in [1.807, 2.05) is 60.9 Å². The minimum Gasteiger partial charge on any atom is -0.375 e. The zero-order valence-electron chi connectivity index (χ0n) is 24.9. The Morgan fingerprint density at radius 3 is 1.69 bits per heavy atom. The molecule has 0 N–H and O–H groups in total. The van der Waals surface area contributed by atoms with Crippen LogP contribution in [0.5, 0.6) is 0 Å². The molecule has 1 saturated heterocycles. The van der Waals surface area contributed by atoms with Crippen molar-refractivity contribution >= 4 is 11.8 Å². The molecule has 224 valence electrons. The van der Waals surface area contributed by atoms with Crippen LogP contribution < -0.4 is 0 Å². The van der Waals surface area contributed by atoms with Gasteiger partial charge in [0.15, 0.2) is 0 Å². The molecule has 7 nitrogen and oxygen atoms in total. The molecule has 0 saturated carbocycles. The highest BCUT2D eigenvalue weighted by Gasteiger charge is 2.48. The second kappa shape index (κ2) is 16.7. The molecule has 4 rings (SSSR count). The van der Waals surface area contributed by atoms with Crippen LogP contribution in [0.15, 0.2) is 96.1 Å². The van der Waals surface area contributed by atoms with Crippen LogP contribution in [0.25, 0.3) is 10.4 Å². The lowest BCUT2D eigenvalue weighted by Crippen LogP contribution is -2.59. The number of azide groups is 1. The van der Waals surface area contributed by atoms with Crippen LogP contribution in [0.1, 0.15) is 56.2 Å². The lowest BCUT2D eigenvalue weighted by Gasteiger charge is -2.46. The highest BCUT2D eigenvalue weighted by Crippen LogP contribution is 2.42. The Hall–Kier alpha value is -2.84. The number of benzene rings is 3. The Balaban J connectivity index is 1.76. The first kappa shape index (κ1) is 32.1. The first-order valence-electron chi connectivity index (χ1n) is 15.0. The summed E-state index contributed by atoms with van der Waals surface area (Å²) in [6.45, 7) is 5.62. The molecule has 0 radical (unpaired) electrons. The van der Waals surface area contributed by atoms with Crippen molar-refractivity contribution in [3.8, 4) is 0 Å². The van der Waals surface area contributed by atoms with Crippen molar-refractivity contribution in [2.75, 3.05) is 26.1 Å². The van der Waals surface area contributed by atoms with Crippen molar-refractivity contribution < 1.29 is 18.9 Å². The highest BCUT2D eigenvalue weighted by molar-refractivity contribution is 7.99. The van der Waals surface area contributed by atoms with Crippen molar-refractivity contribution in [3.63, 3.8) is 0 Å². The highest BCUT2D eigenvalue weighted by atomic mass is 32.2. The van der Waals surface area contributed by atoms with Gasteiger partial charge in [-0.1, -0.05) is 123 Å². The van der Waals surface area contributed by atoms with Gasteiger partial charge in [0.1, 0.15) is 29.3 Å². The van der Waals surface area contributed by atoms with Crippen molar-refractivity contribution in [2.24, 2.45) is 5.11 Å². The largest absolute Gasteiger partial charge is 0.375 e. The molecule has 0 amide bonds. The summed E-state index contributed by atoms with van der Waals surface area (Å²) < 4.78 is 26.8. The maximum absolute atomic E-state index is 9.45. The fourth-order valence-corrected chi connectivity index (χ4v) is 6.24. The molecule has 2 unspecified atom stereocenters. The molecule has 8 heteroatoms. The smallest absolute Gasteiger partial charge is 0.143 e. The van der Waals surface area contributed by atoms with E-state index in [1.165, 1.54) is 11.8 Å². The SMILES string of the molecule is CCCCOC1[C@H](OCCCC)C(COC(c2ccccc2)(c2ccccc2)c2ccccc2)O[C@@H](SC)[C@H]1N=[N+]=[N-]. The lowest BCUT2D eigenvalue weighted by molar-refractivity contribution is -0.211. The van der Waals surface area contributed by atoms with Gasteiger partial charge in [0.25, 0.3) is 0 Å². The second-order valence-electron chi connectivity index (χ2n) is 10.4. The van der Waals surface area contributed by atoms with Crippen molar-refractivity contribution in [1.82, 2.24) is 0 Å². The molecule has 0 bridgehead atoms. The van der Waals surface area contributed by atoms with E-state index in [0.717, 1.165) is 42.4 Å². The van der Waals surface area contributed by atoms with E-state index in [4.69, 9.17) is 18.9 Å². The molecule has 42 heavy (non-hydrogen) atoms. The molecule has 0 aliphatic carbocycles. The first-order chi connectivity index (χ1) is 20.7. The zero-order valence-corrected chi connectivity index (χ0v) is 25.7. The molecule has 5 atom stereocenters. The van der Waals surface area contributed by atoms with Crippen molar-refractivity contribution in [3.05, 3.63) is 118 Å². The summed E-state index contributed by atoms with van der Waals surface area (Å²) in [5.74, 6) is 0. The van der Waals surface area contributed by atoms with Gasteiger partial charge in [-0.05, 0) is 41.3 Å². The molecule has 0 aromatic heterocycles. The normalized spacial score (nSPS) is 22.4. The molecule has 0 spiro atoms. The maximum atomic E-state index is 9.45. The van der Waals surface area contributed by atoms with Gasteiger partial charge in [-0.15, -0.1) is 11.8 Å². The van der Waals surface area contributed by atoms with Crippen LogP contribution in [0.3, 0.4) is 0 Å². The van der Waals surface area contributed by atoms with Gasteiger partial charge < -0.3 is 18.9 Å². The van der Waals surface area contributed by atoms with Crippen molar-refractivity contribution in [2.45, 2.75) is 74.9 Å². The van der Waals surface area contributed by atoms with E-state index in [2.05, 4.69) is 60.3 Å². The Morgan fingerprint density at radius 1 is 0.786 bits per heavy atom. The van der Waals surface area contributed by atoms with Crippen LogP contribution >= 0.6 is 11.8 Å². The number of ether oxygens (including phenoxy) is 4. The maximum Gasteiger partial charge on any atom is 0.143 e. The topological polar surface area (TPSA) is 85.7 Å². The molecule has 1 aliphatic heterocycles. The van der Waals surface area contributed by atoms with E-state index in [0.29, 0.717) is 13.2 Å². The summed E-state index contributed by atoms with van der Waals surface area (Å²) in [5.41, 5.74) is 11.2. The summed E-state index contributed by atoms with van der Waals surface area (Å²) in [6, 6.07) is 30.4. The van der Waals surface area contributed by atoms with Gasteiger partial charge >= 0.3 is 0 Å². The molecule has 3 aromatic rings. The molecule has 1 fully saturated rings. The standard InChI is InChI=1S/C34H43N3O4S/c1-4-6-23-38-31-29(41-33(42-3)30(36-37-35)32(31)39-24-7-5-2)25-40-34(26-17-11-8-12-18-26,27-19-13-9-14-20-27)28-21-15-10-16-22-28/h8-22,29-33H,4-7,23-25H2,1-3H3/t29?,30-,31+,32?,33-/m0/s1. The third-order valence-corrected chi connectivity index (χ3v) is 8.51. The lowest BCUT2D eigenvalue weighted by atomic mass is 9.80. The average molecular weight is 590 g/mol. The van der Waals surface area contributed by atoms with E-state index < -0.39 is 35.4 Å². The molecule has 1 heterocycles. The molecule has 3 aromatic carbocycles. The number of unbranched alkanes of at least 4 members (excludes halogenated alkanes) is 2. The summed E-state index contributed by atoms with van der Waals surface area (Å²) >= 11 is 1.52. The predicted octanol–water partition coefficient (Wildman–Crippen LogP) is 8.13. The number of nitrogens with zero attached hydrogens (tertiary/aromatic N) is 3. The van der Waals surface area contributed by atoms with Gasteiger partial charge in [0, 0.05) is 18.1 Å². The number of hydrogen-bond acceptors (Lipinski definition) is 6. The van der Waals surface area contributed by atoms with Gasteiger partial charge in [-0.2, -0.15) is 0 Å². The number of hydrogen-bond donors (Lipinski definition) is 0. The van der Waals surface area contributed by atoms with Crippen LogP contribution in [-0.2, 0) is 24.5 Å². The minimum absolute atomic E-state index is 0.239. The summed E-state index contributed by atoms with van der Waals surface area (Å²) in [4.78, 5) is 3.16. The molecule has 1 aliphatic rings. The summed E-state index contributed by atoms with van der Waals surface area (Å²) in [6.07, 6.45) is 4.41. The van der Waals surface area contributed by atoms with Crippen LogP contribution in [0.2, 0.25) is 0 Å². The van der Waals surface area contributed by atoms with Gasteiger partial charge in [0.2, 0.25) is 0 Å². The number of rotatable bonds is 16. The molecular formula is C34H43N3O4S. The number of thioether (sulfide) groups is 1. The van der Waals surface area contributed by atoms with Crippen LogP contribution in [-0.4, -0.2) is 55.9 Å². The Labute approximate surface area is 254 Å². The van der Waals surface area contributed by atoms with E-state index in [-0.39, 0.29) is 6.61 Å². The average Bonchev–Trinajstić information content (AvgIpc) is 3.04. The summed E-state index contributed by atoms with van der Waals surface area (Å²) in [7, 11) is 0. The first-order valence-corrected chi connectivity index (χ1v) is 16.2. The zero-order chi connectivity index (χ0) is 29.6. The van der Waals surface area contributed by atoms with Crippen LogP contribution in [0.4, 0.5) is 0 Å².